The van der Waals surface area contributed by atoms with Gasteiger partial charge in [-0.05, 0) is 39.0 Å². The van der Waals surface area contributed by atoms with Crippen molar-refractivity contribution in [1.29, 1.82) is 0 Å². The van der Waals surface area contributed by atoms with Crippen LogP contribution >= 0.6 is 15.9 Å². The summed E-state index contributed by atoms with van der Waals surface area (Å²) in [5.74, 6) is 0.786. The summed E-state index contributed by atoms with van der Waals surface area (Å²) in [4.78, 5) is 13.5. The maximum atomic E-state index is 11.9. The minimum atomic E-state index is -0.455. The van der Waals surface area contributed by atoms with Crippen molar-refractivity contribution in [3.63, 3.8) is 0 Å². The molecule has 1 aromatic carbocycles. The van der Waals surface area contributed by atoms with Gasteiger partial charge in [0, 0.05) is 17.6 Å². The minimum absolute atomic E-state index is 0.209. The third-order valence-corrected chi connectivity index (χ3v) is 3.55. The molecule has 0 bridgehead atoms. The molecular weight excluding hydrogens is 336 g/mol. The molecule has 0 unspecified atom stereocenters. The number of nitrogens with zero attached hydrogens (tertiary/aromatic N) is 1. The second-order valence-electron chi connectivity index (χ2n) is 6.07. The van der Waals surface area contributed by atoms with Gasteiger partial charge in [-0.1, -0.05) is 15.9 Å². The number of likely N-dealkylation sites (tertiary alicyclic amines) is 1. The molecule has 1 aliphatic heterocycles. The number of methoxy groups -OCH3 is 1. The topological polar surface area (TPSA) is 50.8 Å². The summed E-state index contributed by atoms with van der Waals surface area (Å²) in [5, 5.41) is 3.38. The lowest BCUT2D eigenvalue weighted by molar-refractivity contribution is 0.0105. The van der Waals surface area contributed by atoms with Gasteiger partial charge in [-0.3, -0.25) is 0 Å². The smallest absolute Gasteiger partial charge is 0.410 e. The molecular formula is C15H21BrN2O3. The Morgan fingerprint density at radius 3 is 2.62 bits per heavy atom. The lowest BCUT2D eigenvalue weighted by Gasteiger charge is -2.40. The molecule has 0 aliphatic carbocycles. The molecule has 1 aliphatic rings. The van der Waals surface area contributed by atoms with E-state index in [-0.39, 0.29) is 12.1 Å². The molecule has 1 heterocycles. The Morgan fingerprint density at radius 2 is 2.05 bits per heavy atom. The first-order valence-electron chi connectivity index (χ1n) is 6.86. The molecule has 0 aromatic heterocycles. The number of rotatable bonds is 3. The number of ether oxygens (including phenoxy) is 2. The third kappa shape index (κ3) is 4.27. The average Bonchev–Trinajstić information content (AvgIpc) is 2.31. The van der Waals surface area contributed by atoms with Crippen LogP contribution in [0.4, 0.5) is 10.5 Å². The van der Waals surface area contributed by atoms with Crippen LogP contribution in [0, 0.1) is 0 Å². The van der Waals surface area contributed by atoms with Gasteiger partial charge in [0.15, 0.2) is 0 Å². The van der Waals surface area contributed by atoms with Gasteiger partial charge in [-0.2, -0.15) is 0 Å². The molecule has 0 saturated carbocycles. The molecule has 1 saturated heterocycles. The monoisotopic (exact) mass is 356 g/mol. The lowest BCUT2D eigenvalue weighted by Crippen LogP contribution is -2.57. The zero-order valence-electron chi connectivity index (χ0n) is 12.8. The first-order chi connectivity index (χ1) is 9.78. The SMILES string of the molecule is COc1ccc(Br)cc1NC1CN(C(=O)OC(C)(C)C)C1. The third-order valence-electron chi connectivity index (χ3n) is 3.05. The van der Waals surface area contributed by atoms with Crippen molar-refractivity contribution in [3.8, 4) is 5.75 Å². The van der Waals surface area contributed by atoms with Crippen molar-refractivity contribution in [3.05, 3.63) is 22.7 Å². The van der Waals surface area contributed by atoms with Crippen LogP contribution in [0.2, 0.25) is 0 Å². The van der Waals surface area contributed by atoms with E-state index in [1.165, 1.54) is 0 Å². The van der Waals surface area contributed by atoms with E-state index in [0.717, 1.165) is 15.9 Å². The Labute approximate surface area is 133 Å². The van der Waals surface area contributed by atoms with Crippen molar-refractivity contribution >= 4 is 27.7 Å². The molecule has 1 amide bonds. The molecule has 5 nitrogen and oxygen atoms in total. The summed E-state index contributed by atoms with van der Waals surface area (Å²) in [6.45, 7) is 6.86. The number of hydrogen-bond acceptors (Lipinski definition) is 4. The van der Waals surface area contributed by atoms with E-state index in [0.29, 0.717) is 13.1 Å². The second kappa shape index (κ2) is 6.13. The standard InChI is InChI=1S/C15H21BrN2O3/c1-15(2,3)21-14(19)18-8-11(9-18)17-12-7-10(16)5-6-13(12)20-4/h5-7,11,17H,8-9H2,1-4H3. The molecule has 1 fully saturated rings. The van der Waals surface area contributed by atoms with Crippen LogP contribution in [-0.2, 0) is 4.74 Å². The molecule has 2 rings (SSSR count). The van der Waals surface area contributed by atoms with Crippen molar-refractivity contribution in [2.45, 2.75) is 32.4 Å². The van der Waals surface area contributed by atoms with Gasteiger partial charge in [0.2, 0.25) is 0 Å². The van der Waals surface area contributed by atoms with Crippen LogP contribution in [0.15, 0.2) is 22.7 Å². The van der Waals surface area contributed by atoms with E-state index in [1.807, 2.05) is 39.0 Å². The van der Waals surface area contributed by atoms with Gasteiger partial charge in [-0.15, -0.1) is 0 Å². The second-order valence-corrected chi connectivity index (χ2v) is 6.99. The van der Waals surface area contributed by atoms with Gasteiger partial charge in [0.1, 0.15) is 11.4 Å². The number of halogens is 1. The normalized spacial score (nSPS) is 15.4. The number of amides is 1. The van der Waals surface area contributed by atoms with E-state index in [4.69, 9.17) is 9.47 Å². The molecule has 0 radical (unpaired) electrons. The molecule has 6 heteroatoms. The number of carbonyl (C=O) groups excluding carboxylic acids is 1. The Balaban J connectivity index is 1.88. The number of carbonyl (C=O) groups is 1. The number of hydrogen-bond donors (Lipinski definition) is 1. The van der Waals surface area contributed by atoms with E-state index < -0.39 is 5.60 Å². The summed E-state index contributed by atoms with van der Waals surface area (Å²) < 4.78 is 11.6. The van der Waals surface area contributed by atoms with Crippen LogP contribution < -0.4 is 10.1 Å². The molecule has 1 N–H and O–H groups in total. The first-order valence-corrected chi connectivity index (χ1v) is 7.66. The molecule has 0 atom stereocenters. The zero-order valence-corrected chi connectivity index (χ0v) is 14.4. The first kappa shape index (κ1) is 15.9. The van der Waals surface area contributed by atoms with Crippen LogP contribution in [-0.4, -0.2) is 42.8 Å². The predicted molar refractivity (Wildman–Crippen MR) is 85.9 cm³/mol. The Hall–Kier alpha value is -1.43. The van der Waals surface area contributed by atoms with Gasteiger partial charge in [-0.25, -0.2) is 4.79 Å². The fourth-order valence-electron chi connectivity index (χ4n) is 2.06. The lowest BCUT2D eigenvalue weighted by atomic mass is 10.1. The molecule has 1 aromatic rings. The van der Waals surface area contributed by atoms with Crippen molar-refractivity contribution in [2.75, 3.05) is 25.5 Å². The van der Waals surface area contributed by atoms with E-state index in [9.17, 15) is 4.79 Å². The Bertz CT molecular complexity index is 522. The summed E-state index contributed by atoms with van der Waals surface area (Å²) in [5.41, 5.74) is 0.462. The number of benzene rings is 1. The summed E-state index contributed by atoms with van der Waals surface area (Å²) in [6, 6.07) is 6.00. The maximum absolute atomic E-state index is 11.9. The summed E-state index contributed by atoms with van der Waals surface area (Å²) >= 11 is 3.44. The highest BCUT2D eigenvalue weighted by atomic mass is 79.9. The quantitative estimate of drug-likeness (QED) is 0.900. The molecule has 21 heavy (non-hydrogen) atoms. The average molecular weight is 357 g/mol. The van der Waals surface area contributed by atoms with Crippen molar-refractivity contribution in [2.24, 2.45) is 0 Å². The fraction of sp³-hybridized carbons (Fsp3) is 0.533. The van der Waals surface area contributed by atoms with Crippen LogP contribution in [0.5, 0.6) is 5.75 Å². The van der Waals surface area contributed by atoms with E-state index >= 15 is 0 Å². The molecule has 116 valence electrons. The van der Waals surface area contributed by atoms with Gasteiger partial charge >= 0.3 is 6.09 Å². The van der Waals surface area contributed by atoms with Crippen LogP contribution in [0.3, 0.4) is 0 Å². The van der Waals surface area contributed by atoms with Gasteiger partial charge in [0.25, 0.3) is 0 Å². The number of nitrogens with one attached hydrogen (secondary N) is 1. The van der Waals surface area contributed by atoms with Gasteiger partial charge < -0.3 is 19.7 Å². The van der Waals surface area contributed by atoms with Crippen LogP contribution in [0.1, 0.15) is 20.8 Å². The summed E-state index contributed by atoms with van der Waals surface area (Å²) in [6.07, 6.45) is -0.262. The minimum Gasteiger partial charge on any atom is -0.495 e. The predicted octanol–water partition coefficient (Wildman–Crippen LogP) is 3.49. The molecule has 0 spiro atoms. The largest absolute Gasteiger partial charge is 0.495 e. The highest BCUT2D eigenvalue weighted by Gasteiger charge is 2.33. The Morgan fingerprint density at radius 1 is 1.38 bits per heavy atom. The number of anilines is 1. The van der Waals surface area contributed by atoms with Crippen molar-refractivity contribution < 1.29 is 14.3 Å². The summed E-state index contributed by atoms with van der Waals surface area (Å²) in [7, 11) is 1.64. The van der Waals surface area contributed by atoms with E-state index in [1.54, 1.807) is 12.0 Å². The van der Waals surface area contributed by atoms with Gasteiger partial charge in [0.05, 0.1) is 18.8 Å². The highest BCUT2D eigenvalue weighted by Crippen LogP contribution is 2.30. The van der Waals surface area contributed by atoms with Crippen LogP contribution in [0.25, 0.3) is 0 Å². The fourth-order valence-corrected chi connectivity index (χ4v) is 2.42. The highest BCUT2D eigenvalue weighted by molar-refractivity contribution is 9.10. The Kier molecular flexibility index (Phi) is 4.66. The van der Waals surface area contributed by atoms with Crippen molar-refractivity contribution in [1.82, 2.24) is 4.90 Å². The van der Waals surface area contributed by atoms with E-state index in [2.05, 4.69) is 21.2 Å². The maximum Gasteiger partial charge on any atom is 0.410 e. The zero-order chi connectivity index (χ0) is 15.6.